The molecule has 4 N–H and O–H groups in total. The number of carbonyl (C=O) groups is 4. The fraction of sp³-hybridized carbons (Fsp3) is 0.484. The van der Waals surface area contributed by atoms with E-state index < -0.39 is 90.5 Å². The molecule has 9 nitrogen and oxygen atoms in total. The second kappa shape index (κ2) is 14.7. The molecule has 2 aromatic carbocycles. The number of aliphatic hydroxyl groups excluding tert-OH is 1. The summed E-state index contributed by atoms with van der Waals surface area (Å²) in [5.74, 6) is -6.13. The minimum atomic E-state index is -2.99. The largest absolute Gasteiger partial charge is 0.478 e. The van der Waals surface area contributed by atoms with Crippen molar-refractivity contribution in [2.75, 3.05) is 13.1 Å². The summed E-state index contributed by atoms with van der Waals surface area (Å²) in [7, 11) is 0. The van der Waals surface area contributed by atoms with Crippen LogP contribution in [0.15, 0.2) is 42.5 Å². The van der Waals surface area contributed by atoms with Crippen molar-refractivity contribution in [3.05, 3.63) is 70.8 Å². The third-order valence-corrected chi connectivity index (χ3v) is 8.44. The lowest BCUT2D eigenvalue weighted by Gasteiger charge is -2.28. The number of alkyl halides is 2. The summed E-state index contributed by atoms with van der Waals surface area (Å²) < 4.78 is 55.4. The number of hydrogen-bond donors (Lipinski definition) is 4. The molecule has 1 aliphatic carbocycles. The summed E-state index contributed by atoms with van der Waals surface area (Å²) in [6.07, 6.45) is -1.84. The van der Waals surface area contributed by atoms with Gasteiger partial charge in [-0.1, -0.05) is 56.0 Å². The molecule has 4 atom stereocenters. The maximum absolute atomic E-state index is 14.3. The number of amides is 3. The molecule has 2 aromatic rings. The Morgan fingerprint density at radius 2 is 1.61 bits per heavy atom. The first-order valence-corrected chi connectivity index (χ1v) is 14.6. The van der Waals surface area contributed by atoms with E-state index in [0.717, 1.165) is 25.7 Å². The first-order valence-electron chi connectivity index (χ1n) is 14.6. The fourth-order valence-electron chi connectivity index (χ4n) is 6.14. The maximum atomic E-state index is 14.3. The Hall–Kier alpha value is -4.00. The van der Waals surface area contributed by atoms with Gasteiger partial charge < -0.3 is 25.7 Å². The van der Waals surface area contributed by atoms with E-state index in [1.165, 1.54) is 4.90 Å². The number of nitrogens with zero attached hydrogens (tertiary/aromatic N) is 1. The minimum Gasteiger partial charge on any atom is -0.478 e. The van der Waals surface area contributed by atoms with E-state index in [-0.39, 0.29) is 24.8 Å². The molecule has 1 aliphatic heterocycles. The van der Waals surface area contributed by atoms with Gasteiger partial charge in [0, 0.05) is 25.1 Å². The lowest BCUT2D eigenvalue weighted by molar-refractivity contribution is -0.146. The Morgan fingerprint density at radius 1 is 0.977 bits per heavy atom. The van der Waals surface area contributed by atoms with E-state index in [9.17, 15) is 41.8 Å². The van der Waals surface area contributed by atoms with Crippen LogP contribution in [0, 0.1) is 23.5 Å². The van der Waals surface area contributed by atoms with Crippen LogP contribution >= 0.6 is 0 Å². The zero-order valence-corrected chi connectivity index (χ0v) is 23.9. The predicted octanol–water partition coefficient (Wildman–Crippen LogP) is 3.60. The summed E-state index contributed by atoms with van der Waals surface area (Å²) in [4.78, 5) is 52.0. The van der Waals surface area contributed by atoms with Crippen molar-refractivity contribution < 1.29 is 47.0 Å². The molecule has 238 valence electrons. The van der Waals surface area contributed by atoms with Gasteiger partial charge in [0.25, 0.3) is 5.91 Å². The molecule has 1 saturated heterocycles. The number of carboxylic acid groups (broad SMARTS) is 1. The molecule has 0 radical (unpaired) electrons. The zero-order chi connectivity index (χ0) is 32.0. The van der Waals surface area contributed by atoms with Gasteiger partial charge in [0.1, 0.15) is 23.7 Å². The van der Waals surface area contributed by atoms with Crippen molar-refractivity contribution in [3.8, 4) is 0 Å². The SMILES string of the molecule is O=C(O)c1cc(F)c(CCNC(=O)C(CC(F)F)NC(=O)C2CC(C3CCCC3)CN2C(=O)C(O)c2ccccc2)c(F)c1. The Balaban J connectivity index is 1.45. The van der Waals surface area contributed by atoms with Crippen molar-refractivity contribution in [3.63, 3.8) is 0 Å². The molecule has 0 spiro atoms. The van der Waals surface area contributed by atoms with Gasteiger partial charge in [-0.15, -0.1) is 0 Å². The molecule has 3 amide bonds. The molecule has 0 aromatic heterocycles. The Kier molecular flexibility index (Phi) is 11.0. The maximum Gasteiger partial charge on any atom is 0.335 e. The highest BCUT2D eigenvalue weighted by Gasteiger charge is 2.45. The Morgan fingerprint density at radius 3 is 2.20 bits per heavy atom. The van der Waals surface area contributed by atoms with Crippen molar-refractivity contribution in [2.24, 2.45) is 11.8 Å². The number of nitrogens with one attached hydrogen (secondary N) is 2. The molecular weight excluding hydrogens is 586 g/mol. The topological polar surface area (TPSA) is 136 Å². The first kappa shape index (κ1) is 32.9. The van der Waals surface area contributed by atoms with Gasteiger partial charge in [0.15, 0.2) is 6.10 Å². The van der Waals surface area contributed by atoms with E-state index in [4.69, 9.17) is 5.11 Å². The van der Waals surface area contributed by atoms with Crippen molar-refractivity contribution >= 4 is 23.7 Å². The first-order chi connectivity index (χ1) is 21.0. The second-order valence-corrected chi connectivity index (χ2v) is 11.3. The van der Waals surface area contributed by atoms with Crippen LogP contribution in [0.4, 0.5) is 17.6 Å². The van der Waals surface area contributed by atoms with E-state index in [0.29, 0.717) is 17.7 Å². The molecule has 44 heavy (non-hydrogen) atoms. The van der Waals surface area contributed by atoms with Crippen LogP contribution in [0.2, 0.25) is 0 Å². The predicted molar refractivity (Wildman–Crippen MR) is 150 cm³/mol. The van der Waals surface area contributed by atoms with Crippen molar-refractivity contribution in [2.45, 2.75) is 69.6 Å². The van der Waals surface area contributed by atoms with E-state index in [1.807, 2.05) is 0 Å². The second-order valence-electron chi connectivity index (χ2n) is 11.3. The third kappa shape index (κ3) is 7.93. The van der Waals surface area contributed by atoms with E-state index in [2.05, 4.69) is 10.6 Å². The number of rotatable bonds is 12. The Bertz CT molecular complexity index is 1330. The van der Waals surface area contributed by atoms with Crippen molar-refractivity contribution in [1.29, 1.82) is 0 Å². The summed E-state index contributed by atoms with van der Waals surface area (Å²) in [5, 5.41) is 24.4. The molecular formula is C31H35F4N3O6. The van der Waals surface area contributed by atoms with Gasteiger partial charge in [-0.2, -0.15) is 0 Å². The summed E-state index contributed by atoms with van der Waals surface area (Å²) in [6, 6.07) is 6.62. The van der Waals surface area contributed by atoms with Gasteiger partial charge in [0.05, 0.1) is 5.56 Å². The number of aromatic carboxylic acids is 1. The molecule has 13 heteroatoms. The molecule has 1 heterocycles. The highest BCUT2D eigenvalue weighted by atomic mass is 19.3. The van der Waals surface area contributed by atoms with Crippen LogP contribution in [0.25, 0.3) is 0 Å². The molecule has 2 fully saturated rings. The van der Waals surface area contributed by atoms with Crippen LogP contribution in [0.3, 0.4) is 0 Å². The van der Waals surface area contributed by atoms with E-state index >= 15 is 0 Å². The smallest absolute Gasteiger partial charge is 0.335 e. The monoisotopic (exact) mass is 621 g/mol. The van der Waals surface area contributed by atoms with Crippen LogP contribution in [-0.4, -0.2) is 70.4 Å². The number of halogens is 4. The average molecular weight is 622 g/mol. The highest BCUT2D eigenvalue weighted by Crippen LogP contribution is 2.39. The minimum absolute atomic E-state index is 0.0418. The number of hydrogen-bond acceptors (Lipinski definition) is 5. The summed E-state index contributed by atoms with van der Waals surface area (Å²) in [6.45, 7) is -0.190. The number of aliphatic hydroxyl groups is 1. The normalized spacial score (nSPS) is 20.0. The van der Waals surface area contributed by atoms with E-state index in [1.54, 1.807) is 30.3 Å². The van der Waals surface area contributed by atoms with Crippen LogP contribution in [-0.2, 0) is 20.8 Å². The van der Waals surface area contributed by atoms with Gasteiger partial charge in [-0.3, -0.25) is 14.4 Å². The number of likely N-dealkylation sites (tertiary alicyclic amines) is 1. The quantitative estimate of drug-likeness (QED) is 0.268. The Labute approximate surface area is 251 Å². The van der Waals surface area contributed by atoms with Gasteiger partial charge >= 0.3 is 5.97 Å². The number of benzene rings is 2. The lowest BCUT2D eigenvalue weighted by atomic mass is 9.89. The van der Waals surface area contributed by atoms with Crippen LogP contribution in [0.5, 0.6) is 0 Å². The third-order valence-electron chi connectivity index (χ3n) is 8.44. The molecule has 2 aliphatic rings. The van der Waals surface area contributed by atoms with Gasteiger partial charge in [-0.05, 0) is 42.4 Å². The van der Waals surface area contributed by atoms with Gasteiger partial charge in [-0.25, -0.2) is 22.4 Å². The van der Waals surface area contributed by atoms with Crippen molar-refractivity contribution in [1.82, 2.24) is 15.5 Å². The fourth-order valence-corrected chi connectivity index (χ4v) is 6.14. The molecule has 4 unspecified atom stereocenters. The summed E-state index contributed by atoms with van der Waals surface area (Å²) >= 11 is 0. The standard InChI is InChI=1S/C31H35F4N3O6/c32-22-12-19(31(43)44)13-23(33)21(22)10-11-36-28(40)24(15-26(34)35)37-29(41)25-14-20(17-6-4-5-7-17)16-38(25)30(42)27(39)18-8-2-1-3-9-18/h1-3,8-9,12-13,17,20,24-27,39H,4-7,10-11,14-16H2,(H,36,40)(H,37,41)(H,43,44). The number of carboxylic acids is 1. The van der Waals surface area contributed by atoms with Gasteiger partial charge in [0.2, 0.25) is 18.2 Å². The number of carbonyl (C=O) groups excluding carboxylic acids is 3. The molecule has 0 bridgehead atoms. The highest BCUT2D eigenvalue weighted by molar-refractivity contribution is 5.93. The van der Waals surface area contributed by atoms with Crippen LogP contribution in [0.1, 0.15) is 66.1 Å². The molecule has 4 rings (SSSR count). The van der Waals surface area contributed by atoms with Crippen LogP contribution < -0.4 is 10.6 Å². The average Bonchev–Trinajstić information content (AvgIpc) is 3.68. The lowest BCUT2D eigenvalue weighted by Crippen LogP contribution is -2.54. The molecule has 1 saturated carbocycles. The zero-order valence-electron chi connectivity index (χ0n) is 23.9. The summed E-state index contributed by atoms with van der Waals surface area (Å²) in [5.41, 5.74) is -0.764.